The Kier molecular flexibility index (Phi) is 5.82. The van der Waals surface area contributed by atoms with Crippen molar-refractivity contribution in [2.45, 2.75) is 45.1 Å². The summed E-state index contributed by atoms with van der Waals surface area (Å²) in [4.78, 5) is 0. The molecule has 0 aromatic carbocycles. The van der Waals surface area contributed by atoms with Crippen molar-refractivity contribution < 1.29 is 13.3 Å². The van der Waals surface area contributed by atoms with Crippen molar-refractivity contribution in [3.63, 3.8) is 0 Å². The molecular formula is C11H24O3Si. The third-order valence-electron chi connectivity index (χ3n) is 3.30. The maximum Gasteiger partial charge on any atom is 0.497 e. The van der Waals surface area contributed by atoms with E-state index in [1.807, 2.05) is 6.55 Å². The summed E-state index contributed by atoms with van der Waals surface area (Å²) >= 11 is 0. The average molecular weight is 232 g/mol. The Morgan fingerprint density at radius 2 is 1.53 bits per heavy atom. The predicted octanol–water partition coefficient (Wildman–Crippen LogP) is 2.83. The molecule has 0 heterocycles. The zero-order chi connectivity index (χ0) is 11.1. The van der Waals surface area contributed by atoms with Crippen molar-refractivity contribution in [2.24, 2.45) is 5.92 Å². The van der Waals surface area contributed by atoms with E-state index >= 15 is 0 Å². The summed E-state index contributed by atoms with van der Waals surface area (Å²) in [5.74, 6) is 0.713. The van der Waals surface area contributed by atoms with Gasteiger partial charge in [0.15, 0.2) is 0 Å². The van der Waals surface area contributed by atoms with Gasteiger partial charge in [-0.15, -0.1) is 0 Å². The molecule has 4 heteroatoms. The van der Waals surface area contributed by atoms with Gasteiger partial charge in [0, 0.05) is 27.4 Å². The van der Waals surface area contributed by atoms with Gasteiger partial charge in [0.1, 0.15) is 0 Å². The van der Waals surface area contributed by atoms with Crippen molar-refractivity contribution in [3.05, 3.63) is 0 Å². The lowest BCUT2D eigenvalue weighted by Gasteiger charge is -2.24. The number of hydrogen-bond acceptors (Lipinski definition) is 3. The Labute approximate surface area is 94.5 Å². The summed E-state index contributed by atoms with van der Waals surface area (Å²) in [6.07, 6.45) is 8.09. The molecule has 0 amide bonds. The molecule has 90 valence electrons. The molecule has 1 saturated carbocycles. The zero-order valence-corrected chi connectivity index (χ0v) is 11.3. The molecule has 0 spiro atoms. The molecule has 0 bridgehead atoms. The van der Waals surface area contributed by atoms with Crippen LogP contribution in [0.4, 0.5) is 0 Å². The predicted molar refractivity (Wildman–Crippen MR) is 62.8 cm³/mol. The van der Waals surface area contributed by atoms with Crippen LogP contribution in [-0.4, -0.2) is 29.6 Å². The first-order chi connectivity index (χ1) is 7.20. The fraction of sp³-hybridized carbons (Fsp3) is 1.00. The molecule has 0 aliphatic heterocycles. The van der Waals surface area contributed by atoms with E-state index in [0.29, 0.717) is 5.92 Å². The smallest absolute Gasteiger partial charge is 0.377 e. The molecule has 1 rings (SSSR count). The molecule has 0 aromatic rings. The second kappa shape index (κ2) is 6.63. The normalized spacial score (nSPS) is 20.2. The van der Waals surface area contributed by atoms with Crippen LogP contribution in [0.25, 0.3) is 0 Å². The molecular weight excluding hydrogens is 208 g/mol. The standard InChI is InChI=1S/C11H24O3Si/c1-12-15(3,13-2)14-10-11-8-6-4-5-7-9-11/h11H,4-10H2,1-3H3. The van der Waals surface area contributed by atoms with Crippen LogP contribution in [0.1, 0.15) is 38.5 Å². The van der Waals surface area contributed by atoms with E-state index in [1.54, 1.807) is 14.2 Å². The highest BCUT2D eigenvalue weighted by molar-refractivity contribution is 6.59. The fourth-order valence-corrected chi connectivity index (χ4v) is 2.94. The maximum atomic E-state index is 5.82. The second-order valence-corrected chi connectivity index (χ2v) is 7.27. The minimum absolute atomic E-state index is 0.713. The van der Waals surface area contributed by atoms with Gasteiger partial charge in [-0.25, -0.2) is 0 Å². The highest BCUT2D eigenvalue weighted by Crippen LogP contribution is 2.24. The van der Waals surface area contributed by atoms with Gasteiger partial charge < -0.3 is 13.3 Å². The summed E-state index contributed by atoms with van der Waals surface area (Å²) in [5.41, 5.74) is 0. The van der Waals surface area contributed by atoms with E-state index in [2.05, 4.69) is 0 Å². The molecule has 1 fully saturated rings. The van der Waals surface area contributed by atoms with Gasteiger partial charge in [-0.05, 0) is 18.8 Å². The lowest BCUT2D eigenvalue weighted by molar-refractivity contribution is 0.0854. The Balaban J connectivity index is 2.27. The van der Waals surface area contributed by atoms with Crippen LogP contribution in [0.2, 0.25) is 6.55 Å². The van der Waals surface area contributed by atoms with E-state index in [9.17, 15) is 0 Å². The molecule has 0 saturated heterocycles. The molecule has 0 N–H and O–H groups in total. The topological polar surface area (TPSA) is 27.7 Å². The molecule has 0 aromatic heterocycles. The van der Waals surface area contributed by atoms with Gasteiger partial charge in [-0.3, -0.25) is 0 Å². The molecule has 0 radical (unpaired) electrons. The molecule has 1 aliphatic rings. The average Bonchev–Trinajstić information content (AvgIpc) is 2.54. The van der Waals surface area contributed by atoms with Gasteiger partial charge in [0.2, 0.25) is 0 Å². The Morgan fingerprint density at radius 3 is 2.00 bits per heavy atom. The van der Waals surface area contributed by atoms with Gasteiger partial charge in [-0.2, -0.15) is 0 Å². The van der Waals surface area contributed by atoms with Crippen LogP contribution in [-0.2, 0) is 13.3 Å². The highest BCUT2D eigenvalue weighted by Gasteiger charge is 2.32. The zero-order valence-electron chi connectivity index (χ0n) is 10.3. The lowest BCUT2D eigenvalue weighted by atomic mass is 10.0. The highest BCUT2D eigenvalue weighted by atomic mass is 28.4. The minimum atomic E-state index is -2.30. The van der Waals surface area contributed by atoms with Gasteiger partial charge in [0.25, 0.3) is 0 Å². The molecule has 0 unspecified atom stereocenters. The molecule has 1 aliphatic carbocycles. The fourth-order valence-electron chi connectivity index (χ4n) is 2.00. The summed E-state index contributed by atoms with van der Waals surface area (Å²) in [7, 11) is 1.04. The van der Waals surface area contributed by atoms with E-state index in [4.69, 9.17) is 13.3 Å². The van der Waals surface area contributed by atoms with E-state index in [0.717, 1.165) is 6.61 Å². The van der Waals surface area contributed by atoms with Crippen LogP contribution >= 0.6 is 0 Å². The second-order valence-electron chi connectivity index (χ2n) is 4.44. The Bertz CT molecular complexity index is 163. The largest absolute Gasteiger partial charge is 0.497 e. The van der Waals surface area contributed by atoms with Gasteiger partial charge in [0.05, 0.1) is 0 Å². The third-order valence-corrected chi connectivity index (χ3v) is 5.47. The first-order valence-corrected chi connectivity index (χ1v) is 8.17. The van der Waals surface area contributed by atoms with Crippen LogP contribution < -0.4 is 0 Å². The van der Waals surface area contributed by atoms with E-state index in [1.165, 1.54) is 38.5 Å². The summed E-state index contributed by atoms with van der Waals surface area (Å²) in [6, 6.07) is 0. The van der Waals surface area contributed by atoms with Crippen molar-refractivity contribution in [2.75, 3.05) is 20.8 Å². The maximum absolute atomic E-state index is 5.82. The van der Waals surface area contributed by atoms with Gasteiger partial charge >= 0.3 is 8.80 Å². The number of hydrogen-bond donors (Lipinski definition) is 0. The van der Waals surface area contributed by atoms with Crippen LogP contribution in [0.15, 0.2) is 0 Å². The van der Waals surface area contributed by atoms with Crippen LogP contribution in [0.3, 0.4) is 0 Å². The van der Waals surface area contributed by atoms with Gasteiger partial charge in [-0.1, -0.05) is 25.7 Å². The minimum Gasteiger partial charge on any atom is -0.377 e. The van der Waals surface area contributed by atoms with Crippen molar-refractivity contribution in [1.82, 2.24) is 0 Å². The quantitative estimate of drug-likeness (QED) is 0.539. The van der Waals surface area contributed by atoms with Crippen LogP contribution in [0, 0.1) is 5.92 Å². The Hall–Kier alpha value is 0.0969. The van der Waals surface area contributed by atoms with E-state index < -0.39 is 8.80 Å². The summed E-state index contributed by atoms with van der Waals surface area (Å²) < 4.78 is 16.4. The third kappa shape index (κ3) is 4.63. The SMILES string of the molecule is CO[Si](C)(OC)OCC1CCCCCC1. The lowest BCUT2D eigenvalue weighted by Crippen LogP contribution is -2.41. The van der Waals surface area contributed by atoms with E-state index in [-0.39, 0.29) is 0 Å². The first-order valence-electron chi connectivity index (χ1n) is 5.94. The van der Waals surface area contributed by atoms with Crippen molar-refractivity contribution >= 4 is 8.80 Å². The summed E-state index contributed by atoms with van der Waals surface area (Å²) in [5, 5.41) is 0. The molecule has 3 nitrogen and oxygen atoms in total. The number of rotatable bonds is 5. The van der Waals surface area contributed by atoms with Crippen molar-refractivity contribution in [1.29, 1.82) is 0 Å². The summed E-state index contributed by atoms with van der Waals surface area (Å²) in [6.45, 7) is 2.76. The monoisotopic (exact) mass is 232 g/mol. The van der Waals surface area contributed by atoms with Crippen molar-refractivity contribution in [3.8, 4) is 0 Å². The molecule has 0 atom stereocenters. The Morgan fingerprint density at radius 1 is 1.00 bits per heavy atom. The van der Waals surface area contributed by atoms with Crippen LogP contribution in [0.5, 0.6) is 0 Å². The first kappa shape index (κ1) is 13.2. The molecule has 15 heavy (non-hydrogen) atoms.